The van der Waals surface area contributed by atoms with Crippen molar-refractivity contribution in [3.8, 4) is 11.1 Å². The van der Waals surface area contributed by atoms with Crippen LogP contribution in [0.25, 0.3) is 16.6 Å². The van der Waals surface area contributed by atoms with E-state index >= 15 is 0 Å². The van der Waals surface area contributed by atoms with Crippen LogP contribution in [0.5, 0.6) is 0 Å². The molecule has 2 aromatic heterocycles. The minimum atomic E-state index is -4.52. The van der Waals surface area contributed by atoms with Gasteiger partial charge in [-0.3, -0.25) is 9.20 Å². The maximum atomic E-state index is 13.0. The molecule has 4 nitrogen and oxygen atoms in total. The van der Waals surface area contributed by atoms with Crippen LogP contribution in [0.2, 0.25) is 0 Å². The van der Waals surface area contributed by atoms with Crippen molar-refractivity contribution >= 4 is 11.5 Å². The van der Waals surface area contributed by atoms with Gasteiger partial charge in [-0.1, -0.05) is 24.3 Å². The summed E-state index contributed by atoms with van der Waals surface area (Å²) in [6, 6.07) is 8.75. The smallest absolute Gasteiger partial charge is 0.369 e. The first kappa shape index (κ1) is 15.1. The molecule has 0 aliphatic rings. The molecule has 0 aliphatic heterocycles. The summed E-state index contributed by atoms with van der Waals surface area (Å²) in [6.45, 7) is 1.77. The number of rotatable bonds is 1. The number of nitrogens with zero attached hydrogens (tertiary/aromatic N) is 2. The van der Waals surface area contributed by atoms with Gasteiger partial charge in [0.1, 0.15) is 0 Å². The van der Waals surface area contributed by atoms with Crippen LogP contribution in [0, 0.1) is 6.92 Å². The number of hydrogen-bond acceptors (Lipinski definition) is 3. The lowest BCUT2D eigenvalue weighted by Crippen LogP contribution is -2.18. The van der Waals surface area contributed by atoms with Crippen LogP contribution in [0.15, 0.2) is 47.4 Å². The van der Waals surface area contributed by atoms with E-state index in [1.165, 1.54) is 10.6 Å². The van der Waals surface area contributed by atoms with Crippen LogP contribution in [0.4, 0.5) is 19.1 Å². The third kappa shape index (κ3) is 2.54. The Labute approximate surface area is 129 Å². The summed E-state index contributed by atoms with van der Waals surface area (Å²) in [5, 5.41) is 0. The number of halogens is 3. The van der Waals surface area contributed by atoms with Crippen LogP contribution in [0.3, 0.4) is 0 Å². The number of nitrogens with two attached hydrogens (primary N) is 1. The van der Waals surface area contributed by atoms with Crippen LogP contribution in [-0.4, -0.2) is 9.38 Å². The van der Waals surface area contributed by atoms with Crippen LogP contribution in [-0.2, 0) is 6.18 Å². The summed E-state index contributed by atoms with van der Waals surface area (Å²) in [5.41, 5.74) is 5.63. The number of fused-ring (bicyclic) bond motifs is 1. The molecule has 3 rings (SSSR count). The predicted octanol–water partition coefficient (Wildman–Crippen LogP) is 3.27. The van der Waals surface area contributed by atoms with Gasteiger partial charge in [-0.25, -0.2) is 0 Å². The highest BCUT2D eigenvalue weighted by molar-refractivity contribution is 5.82. The number of benzene rings is 1. The van der Waals surface area contributed by atoms with Crippen molar-refractivity contribution in [3.05, 3.63) is 64.1 Å². The third-order valence-corrected chi connectivity index (χ3v) is 3.63. The topological polar surface area (TPSA) is 60.4 Å². The minimum Gasteiger partial charge on any atom is -0.369 e. The van der Waals surface area contributed by atoms with Crippen LogP contribution < -0.4 is 11.3 Å². The number of hydrogen-bond donors (Lipinski definition) is 1. The highest BCUT2D eigenvalue weighted by Crippen LogP contribution is 2.32. The van der Waals surface area contributed by atoms with E-state index in [1.807, 2.05) is 0 Å². The summed E-state index contributed by atoms with van der Waals surface area (Å²) in [6.07, 6.45) is -3.35. The van der Waals surface area contributed by atoms with Crippen molar-refractivity contribution in [3.63, 3.8) is 0 Å². The normalized spacial score (nSPS) is 11.8. The Kier molecular flexibility index (Phi) is 3.35. The Hall–Kier alpha value is -2.83. The first-order chi connectivity index (χ1) is 10.8. The molecule has 0 fully saturated rings. The molecular formula is C16H12F3N3O. The molecule has 3 aromatic rings. The van der Waals surface area contributed by atoms with Gasteiger partial charge in [-0.05, 0) is 30.2 Å². The number of alkyl halides is 3. The SMILES string of the molecule is Cc1ccccc1-c1c(=O)nc(N)n2ccc(C(F)(F)F)cc12. The summed E-state index contributed by atoms with van der Waals surface area (Å²) in [5.74, 6) is -0.156. The summed E-state index contributed by atoms with van der Waals surface area (Å²) >= 11 is 0. The van der Waals surface area contributed by atoms with Gasteiger partial charge in [0.05, 0.1) is 16.6 Å². The van der Waals surface area contributed by atoms with E-state index in [0.29, 0.717) is 5.56 Å². The van der Waals surface area contributed by atoms with E-state index in [1.54, 1.807) is 31.2 Å². The lowest BCUT2D eigenvalue weighted by atomic mass is 10.0. The molecule has 0 aliphatic carbocycles. The van der Waals surface area contributed by atoms with E-state index in [-0.39, 0.29) is 17.0 Å². The van der Waals surface area contributed by atoms with Gasteiger partial charge in [-0.15, -0.1) is 0 Å². The van der Waals surface area contributed by atoms with Crippen molar-refractivity contribution in [2.24, 2.45) is 0 Å². The van der Waals surface area contributed by atoms with Crippen molar-refractivity contribution < 1.29 is 13.2 Å². The molecule has 0 bridgehead atoms. The van der Waals surface area contributed by atoms with Crippen molar-refractivity contribution in [2.75, 3.05) is 5.73 Å². The quantitative estimate of drug-likeness (QED) is 0.749. The Bertz CT molecular complexity index is 961. The van der Waals surface area contributed by atoms with E-state index in [9.17, 15) is 18.0 Å². The number of aryl methyl sites for hydroxylation is 1. The lowest BCUT2D eigenvalue weighted by molar-refractivity contribution is -0.137. The molecule has 1 aromatic carbocycles. The second-order valence-corrected chi connectivity index (χ2v) is 5.13. The van der Waals surface area contributed by atoms with E-state index in [4.69, 9.17) is 5.73 Å². The number of anilines is 1. The largest absolute Gasteiger partial charge is 0.416 e. The van der Waals surface area contributed by atoms with Gasteiger partial charge in [-0.2, -0.15) is 18.2 Å². The first-order valence-corrected chi connectivity index (χ1v) is 6.74. The van der Waals surface area contributed by atoms with Gasteiger partial charge in [0.15, 0.2) is 0 Å². The Morgan fingerprint density at radius 2 is 1.87 bits per heavy atom. The van der Waals surface area contributed by atoms with Crippen molar-refractivity contribution in [1.82, 2.24) is 9.38 Å². The summed E-state index contributed by atoms with van der Waals surface area (Å²) in [4.78, 5) is 16.0. The second kappa shape index (κ2) is 5.12. The minimum absolute atomic E-state index is 0.0756. The molecule has 0 amide bonds. The van der Waals surface area contributed by atoms with Crippen molar-refractivity contribution in [2.45, 2.75) is 13.1 Å². The molecule has 23 heavy (non-hydrogen) atoms. The van der Waals surface area contributed by atoms with Crippen LogP contribution in [0.1, 0.15) is 11.1 Å². The molecule has 0 atom stereocenters. The first-order valence-electron chi connectivity index (χ1n) is 6.74. The molecule has 0 saturated carbocycles. The average Bonchev–Trinajstić information content (AvgIpc) is 2.47. The maximum absolute atomic E-state index is 13.0. The van der Waals surface area contributed by atoms with E-state index in [0.717, 1.165) is 17.7 Å². The highest BCUT2D eigenvalue weighted by Gasteiger charge is 2.31. The fraction of sp³-hybridized carbons (Fsp3) is 0.125. The second-order valence-electron chi connectivity index (χ2n) is 5.13. The maximum Gasteiger partial charge on any atom is 0.416 e. The Morgan fingerprint density at radius 1 is 1.17 bits per heavy atom. The fourth-order valence-electron chi connectivity index (χ4n) is 2.50. The molecule has 2 heterocycles. The molecule has 118 valence electrons. The fourth-order valence-corrected chi connectivity index (χ4v) is 2.50. The predicted molar refractivity (Wildman–Crippen MR) is 81.0 cm³/mol. The molecule has 0 spiro atoms. The molecule has 0 unspecified atom stereocenters. The molecular weight excluding hydrogens is 307 g/mol. The molecule has 2 N–H and O–H groups in total. The zero-order chi connectivity index (χ0) is 16.8. The van der Waals surface area contributed by atoms with Gasteiger partial charge in [0, 0.05) is 6.20 Å². The lowest BCUT2D eigenvalue weighted by Gasteiger charge is -2.14. The third-order valence-electron chi connectivity index (χ3n) is 3.63. The summed E-state index contributed by atoms with van der Waals surface area (Å²) in [7, 11) is 0. The number of aromatic nitrogens is 2. The molecule has 0 radical (unpaired) electrons. The summed E-state index contributed by atoms with van der Waals surface area (Å²) < 4.78 is 40.3. The monoisotopic (exact) mass is 319 g/mol. The highest BCUT2D eigenvalue weighted by atomic mass is 19.4. The number of pyridine rings is 1. The van der Waals surface area contributed by atoms with Gasteiger partial charge in [0.25, 0.3) is 5.56 Å². The average molecular weight is 319 g/mol. The standard InChI is InChI=1S/C16H12F3N3O/c1-9-4-2-3-5-11(9)13-12-8-10(16(17,18)19)6-7-22(12)15(20)21-14(13)23/h2-8H,1H3,(H2,20,21,23). The Morgan fingerprint density at radius 3 is 2.52 bits per heavy atom. The van der Waals surface area contributed by atoms with Gasteiger partial charge >= 0.3 is 6.18 Å². The molecule has 7 heteroatoms. The van der Waals surface area contributed by atoms with Gasteiger partial charge < -0.3 is 5.73 Å². The number of nitrogen functional groups attached to an aromatic ring is 1. The van der Waals surface area contributed by atoms with E-state index in [2.05, 4.69) is 4.98 Å². The zero-order valence-electron chi connectivity index (χ0n) is 12.1. The van der Waals surface area contributed by atoms with Crippen molar-refractivity contribution in [1.29, 1.82) is 0 Å². The van der Waals surface area contributed by atoms with Crippen LogP contribution >= 0.6 is 0 Å². The van der Waals surface area contributed by atoms with E-state index < -0.39 is 17.3 Å². The van der Waals surface area contributed by atoms with Gasteiger partial charge in [0.2, 0.25) is 5.95 Å². The molecule has 0 saturated heterocycles. The Balaban J connectivity index is 2.46. The zero-order valence-corrected chi connectivity index (χ0v) is 12.1.